The lowest BCUT2D eigenvalue weighted by atomic mass is 9.43. The summed E-state index contributed by atoms with van der Waals surface area (Å²) in [6.07, 6.45) is 7.67. The Balaban J connectivity index is 1.69. The van der Waals surface area contributed by atoms with Crippen LogP contribution in [0.2, 0.25) is 0 Å². The van der Waals surface area contributed by atoms with Gasteiger partial charge in [-0.1, -0.05) is 51.7 Å². The van der Waals surface area contributed by atoms with Gasteiger partial charge in [0.1, 0.15) is 6.04 Å². The van der Waals surface area contributed by atoms with Crippen LogP contribution in [0.4, 0.5) is 0 Å². The number of hydrogen-bond acceptors (Lipinski definition) is 7. The summed E-state index contributed by atoms with van der Waals surface area (Å²) in [6, 6.07) is -0.812. The highest BCUT2D eigenvalue weighted by Gasteiger charge is 2.68. The van der Waals surface area contributed by atoms with Gasteiger partial charge in [0.05, 0.1) is 17.6 Å². The summed E-state index contributed by atoms with van der Waals surface area (Å²) in [6.45, 7) is 17.3. The van der Waals surface area contributed by atoms with Crippen LogP contribution in [0.3, 0.4) is 0 Å². The topological polar surface area (TPSA) is 170 Å². The zero-order valence-corrected chi connectivity index (χ0v) is 28.0. The Morgan fingerprint density at radius 2 is 1.86 bits per heavy atom. The molecular formula is C31H55BN6O6. The van der Waals surface area contributed by atoms with Gasteiger partial charge in [-0.3, -0.25) is 9.59 Å². The zero-order valence-electron chi connectivity index (χ0n) is 28.0. The Labute approximate surface area is 263 Å². The van der Waals surface area contributed by atoms with Crippen molar-refractivity contribution in [1.82, 2.24) is 16.1 Å². The van der Waals surface area contributed by atoms with E-state index < -0.39 is 23.8 Å². The summed E-state index contributed by atoms with van der Waals surface area (Å²) in [5, 5.41) is 15.9. The lowest BCUT2D eigenvalue weighted by molar-refractivity contribution is -0.525. The summed E-state index contributed by atoms with van der Waals surface area (Å²) in [4.78, 5) is 41.4. The second-order valence-corrected chi connectivity index (χ2v) is 14.6. The number of carbonyl (C=O) groups excluding carboxylic acids is 2. The molecule has 1 heterocycles. The van der Waals surface area contributed by atoms with Gasteiger partial charge in [-0.25, -0.2) is 15.1 Å². The zero-order chi connectivity index (χ0) is 32.8. The molecule has 2 bridgehead atoms. The smallest absolute Gasteiger partial charge is 0.404 e. The molecule has 5 N–H and O–H groups in total. The molecule has 0 aromatic heterocycles. The number of amides is 2. The van der Waals surface area contributed by atoms with Crippen LogP contribution in [0.25, 0.3) is 0 Å². The van der Waals surface area contributed by atoms with Crippen molar-refractivity contribution in [3.63, 3.8) is 0 Å². The molecule has 3 saturated carbocycles. The standard InChI is InChI=1S/C31H55BN6O6/c1-19(2)11-9-12-21(5)16-27(39)35-23(13-10-14-34-29(33)37-38(41)42)28(40)36-26(15-20(3)4)32-43-25-18-22-17-24(30(22,6)7)31(25,8)44-32/h11,20-26H,9-10,12-18H2,1-8H3,(H,35,39)(H,36,40)(H3,33,34,37)/t21-,22+,23-,24+,25+,26-,31-/m0/s1. The summed E-state index contributed by atoms with van der Waals surface area (Å²) in [5.74, 6) is 0.254. The molecule has 0 aromatic carbocycles. The predicted molar refractivity (Wildman–Crippen MR) is 172 cm³/mol. The largest absolute Gasteiger partial charge is 0.481 e. The number of nitrogens with two attached hydrogens (primary N) is 1. The van der Waals surface area contributed by atoms with Crippen LogP contribution in [-0.2, 0) is 18.9 Å². The Morgan fingerprint density at radius 1 is 1.16 bits per heavy atom. The number of nitrogens with zero attached hydrogens (tertiary/aromatic N) is 2. The minimum atomic E-state index is -0.812. The maximum atomic E-state index is 13.8. The maximum absolute atomic E-state index is 13.8. The van der Waals surface area contributed by atoms with E-state index in [2.05, 4.69) is 70.2 Å². The average Bonchev–Trinajstić information content (AvgIpc) is 3.26. The van der Waals surface area contributed by atoms with Gasteiger partial charge in [0.2, 0.25) is 11.8 Å². The van der Waals surface area contributed by atoms with E-state index in [-0.39, 0.29) is 60.0 Å². The van der Waals surface area contributed by atoms with Gasteiger partial charge >= 0.3 is 7.12 Å². The average molecular weight is 619 g/mol. The Kier molecular flexibility index (Phi) is 12.3. The fraction of sp³-hybridized carbons (Fsp3) is 0.839. The summed E-state index contributed by atoms with van der Waals surface area (Å²) in [7, 11) is -0.574. The number of carbonyl (C=O) groups is 2. The van der Waals surface area contributed by atoms with Gasteiger partial charge in [-0.2, -0.15) is 0 Å². The molecule has 44 heavy (non-hydrogen) atoms. The van der Waals surface area contributed by atoms with Crippen LogP contribution >= 0.6 is 0 Å². The van der Waals surface area contributed by atoms with Gasteiger partial charge in [-0.05, 0) is 94.8 Å². The quantitative estimate of drug-likeness (QED) is 0.0384. The third kappa shape index (κ3) is 9.18. The van der Waals surface area contributed by atoms with Crippen molar-refractivity contribution in [3.05, 3.63) is 21.8 Å². The van der Waals surface area contributed by atoms with Crippen molar-refractivity contribution < 1.29 is 23.9 Å². The van der Waals surface area contributed by atoms with Crippen LogP contribution in [0.15, 0.2) is 16.6 Å². The molecule has 0 aromatic rings. The van der Waals surface area contributed by atoms with Crippen molar-refractivity contribution in [2.75, 3.05) is 6.54 Å². The maximum Gasteiger partial charge on any atom is 0.481 e. The van der Waals surface area contributed by atoms with Gasteiger partial charge in [-0.15, -0.1) is 0 Å². The summed E-state index contributed by atoms with van der Waals surface area (Å²) in [5.41, 5.74) is 8.40. The molecule has 4 aliphatic rings. The highest BCUT2D eigenvalue weighted by molar-refractivity contribution is 6.48. The third-order valence-electron chi connectivity index (χ3n) is 9.89. The molecule has 2 amide bonds. The van der Waals surface area contributed by atoms with E-state index in [1.807, 2.05) is 12.3 Å². The van der Waals surface area contributed by atoms with Gasteiger partial charge in [0.15, 0.2) is 5.03 Å². The van der Waals surface area contributed by atoms with Crippen molar-refractivity contribution in [2.45, 2.75) is 130 Å². The molecule has 3 aliphatic carbocycles. The Morgan fingerprint density at radius 3 is 2.48 bits per heavy atom. The molecule has 13 heteroatoms. The molecule has 7 atom stereocenters. The van der Waals surface area contributed by atoms with E-state index in [0.717, 1.165) is 25.7 Å². The minimum absolute atomic E-state index is 0.00439. The lowest BCUT2D eigenvalue weighted by Gasteiger charge is -2.64. The van der Waals surface area contributed by atoms with E-state index in [1.165, 1.54) is 5.57 Å². The fourth-order valence-electron chi connectivity index (χ4n) is 7.32. The van der Waals surface area contributed by atoms with Crippen LogP contribution in [0, 0.1) is 39.2 Å². The van der Waals surface area contributed by atoms with E-state index in [0.29, 0.717) is 31.1 Å². The number of guanidine groups is 1. The number of aliphatic imine (C=N–C) groups is 1. The molecule has 1 saturated heterocycles. The van der Waals surface area contributed by atoms with Crippen LogP contribution in [-0.4, -0.2) is 60.2 Å². The second-order valence-electron chi connectivity index (χ2n) is 14.6. The molecule has 4 rings (SSSR count). The molecule has 0 spiro atoms. The molecule has 0 radical (unpaired) electrons. The van der Waals surface area contributed by atoms with E-state index >= 15 is 0 Å². The highest BCUT2D eigenvalue weighted by atomic mass is 16.7. The summed E-state index contributed by atoms with van der Waals surface area (Å²) >= 11 is 0. The molecule has 0 unspecified atom stereocenters. The minimum Gasteiger partial charge on any atom is -0.404 e. The van der Waals surface area contributed by atoms with Crippen molar-refractivity contribution >= 4 is 24.9 Å². The first-order chi connectivity index (χ1) is 20.5. The van der Waals surface area contributed by atoms with Gasteiger partial charge in [0, 0.05) is 13.0 Å². The number of hydrogen-bond donors (Lipinski definition) is 4. The first-order valence-corrected chi connectivity index (χ1v) is 16.3. The van der Waals surface area contributed by atoms with Gasteiger partial charge in [0.25, 0.3) is 5.96 Å². The van der Waals surface area contributed by atoms with Crippen molar-refractivity contribution in [1.29, 1.82) is 0 Å². The Hall–Kier alpha value is -2.67. The lowest BCUT2D eigenvalue weighted by Crippen LogP contribution is -2.65. The number of nitro groups is 1. The normalized spacial score (nSPS) is 27.4. The second kappa shape index (κ2) is 15.1. The molecular weight excluding hydrogens is 563 g/mol. The van der Waals surface area contributed by atoms with Crippen molar-refractivity contribution in [2.24, 2.45) is 39.8 Å². The first-order valence-electron chi connectivity index (χ1n) is 16.3. The fourth-order valence-corrected chi connectivity index (χ4v) is 7.32. The van der Waals surface area contributed by atoms with E-state index in [9.17, 15) is 19.7 Å². The monoisotopic (exact) mass is 618 g/mol. The molecule has 1 aliphatic heterocycles. The number of allylic oxidation sites excluding steroid dienone is 2. The van der Waals surface area contributed by atoms with Gasteiger partial charge < -0.3 is 25.7 Å². The van der Waals surface area contributed by atoms with E-state index in [4.69, 9.17) is 15.0 Å². The van der Waals surface area contributed by atoms with Crippen LogP contribution in [0.5, 0.6) is 0 Å². The number of rotatable bonds is 16. The SMILES string of the molecule is CC(C)=CCC[C@H](C)CC(=O)N[C@@H](CCCN=C(N)N[N+](=O)[O-])C(=O)N[C@@H](CC(C)C)B1O[C@@H]2C[C@H]3C[C@H](C3(C)C)[C@]2(C)O1. The third-order valence-corrected chi connectivity index (χ3v) is 9.89. The first kappa shape index (κ1) is 35.8. The highest BCUT2D eigenvalue weighted by Crippen LogP contribution is 2.65. The Bertz CT molecular complexity index is 1100. The molecule has 248 valence electrons. The predicted octanol–water partition coefficient (Wildman–Crippen LogP) is 3.92. The summed E-state index contributed by atoms with van der Waals surface area (Å²) < 4.78 is 13.2. The number of nitrogens with one attached hydrogen (secondary N) is 3. The van der Waals surface area contributed by atoms with Crippen molar-refractivity contribution in [3.8, 4) is 0 Å². The molecule has 4 fully saturated rings. The molecule has 12 nitrogen and oxygen atoms in total. The van der Waals surface area contributed by atoms with Crippen LogP contribution in [0.1, 0.15) is 107 Å². The van der Waals surface area contributed by atoms with Crippen LogP contribution < -0.4 is 21.8 Å². The number of hydrazine groups is 1. The van der Waals surface area contributed by atoms with E-state index in [1.54, 1.807) is 0 Å².